The van der Waals surface area contributed by atoms with Crippen LogP contribution in [0.3, 0.4) is 0 Å². The molecule has 3 aromatic rings. The highest BCUT2D eigenvalue weighted by Gasteiger charge is 2.27. The maximum atomic E-state index is 12.8. The van der Waals surface area contributed by atoms with E-state index in [9.17, 15) is 9.59 Å². The number of carbonyl (C=O) groups excluding carboxylic acids is 1. The predicted molar refractivity (Wildman–Crippen MR) is 119 cm³/mol. The number of carbonyl (C=O) groups is 1. The van der Waals surface area contributed by atoms with Crippen molar-refractivity contribution < 1.29 is 9.90 Å². The van der Waals surface area contributed by atoms with E-state index in [1.807, 2.05) is 6.07 Å². The molecule has 160 valence electrons. The molecule has 0 atom stereocenters. The Morgan fingerprint density at radius 3 is 2.65 bits per heavy atom. The van der Waals surface area contributed by atoms with E-state index in [4.69, 9.17) is 5.11 Å². The molecule has 0 bridgehead atoms. The molecule has 0 spiro atoms. The molecule has 1 fully saturated rings. The standard InChI is InChI=1S/C23H25N5O3/c1-27-20-9-8-18(3-2-14-29)25-21(20)28(23(27)31)15-16-4-6-17(7-5-16)22(30)26-19-10-12-24-13-11-19/h8-13,16-17,29H,4-7,14-15H2,1H3,(H,24,26,30)/p+1. The average Bonchev–Trinajstić information content (AvgIpc) is 3.03. The van der Waals surface area contributed by atoms with Crippen molar-refractivity contribution in [2.24, 2.45) is 18.9 Å². The van der Waals surface area contributed by atoms with Gasteiger partial charge in [-0.25, -0.2) is 9.78 Å². The lowest BCUT2D eigenvalue weighted by atomic mass is 9.81. The number of amides is 1. The van der Waals surface area contributed by atoms with Crippen LogP contribution in [-0.4, -0.2) is 36.7 Å². The normalized spacial score (nSPS) is 18.4. The van der Waals surface area contributed by atoms with Gasteiger partial charge < -0.3 is 10.4 Å². The van der Waals surface area contributed by atoms with Crippen molar-refractivity contribution in [2.75, 3.05) is 11.9 Å². The highest BCUT2D eigenvalue weighted by molar-refractivity contribution is 5.92. The largest absolute Gasteiger partial charge is 0.436 e. The third-order valence-electron chi connectivity index (χ3n) is 5.90. The zero-order valence-corrected chi connectivity index (χ0v) is 17.5. The Bertz CT molecular complexity index is 1190. The molecule has 4 rings (SSSR count). The molecule has 1 amide bonds. The van der Waals surface area contributed by atoms with Gasteiger partial charge in [-0.3, -0.25) is 18.9 Å². The maximum Gasteiger partial charge on any atom is 0.330 e. The number of nitrogens with one attached hydrogen (secondary N) is 1. The zero-order chi connectivity index (χ0) is 21.8. The zero-order valence-electron chi connectivity index (χ0n) is 17.5. The number of hydrogen-bond donors (Lipinski definition) is 1. The van der Waals surface area contributed by atoms with Gasteiger partial charge in [-0.15, -0.1) is 0 Å². The van der Waals surface area contributed by atoms with Crippen molar-refractivity contribution in [1.29, 1.82) is 0 Å². The van der Waals surface area contributed by atoms with Gasteiger partial charge in [0.2, 0.25) is 12.5 Å². The number of rotatable bonds is 4. The molecule has 0 radical (unpaired) electrons. The maximum absolute atomic E-state index is 12.8. The fourth-order valence-electron chi connectivity index (χ4n) is 4.19. The molecule has 0 aliphatic heterocycles. The van der Waals surface area contributed by atoms with Crippen molar-refractivity contribution in [1.82, 2.24) is 19.1 Å². The molecule has 1 aliphatic carbocycles. The lowest BCUT2D eigenvalue weighted by Crippen LogP contribution is -2.31. The van der Waals surface area contributed by atoms with Gasteiger partial charge in [0.15, 0.2) is 5.65 Å². The second-order valence-electron chi connectivity index (χ2n) is 7.91. The summed E-state index contributed by atoms with van der Waals surface area (Å²) >= 11 is 0. The number of nitrogens with zero attached hydrogens (tertiary/aromatic N) is 4. The molecular weight excluding hydrogens is 394 g/mol. The van der Waals surface area contributed by atoms with Crippen LogP contribution >= 0.6 is 0 Å². The van der Waals surface area contributed by atoms with E-state index in [0.29, 0.717) is 23.8 Å². The third kappa shape index (κ3) is 4.52. The fourth-order valence-corrected chi connectivity index (χ4v) is 4.19. The monoisotopic (exact) mass is 420 g/mol. The van der Waals surface area contributed by atoms with Crippen LogP contribution in [0.15, 0.2) is 41.5 Å². The van der Waals surface area contributed by atoms with Crippen LogP contribution in [0.1, 0.15) is 31.4 Å². The molecule has 1 aliphatic rings. The highest BCUT2D eigenvalue weighted by Crippen LogP contribution is 2.31. The topological polar surface area (TPSA) is 105 Å². The Balaban J connectivity index is 1.45. The number of fused-ring (bicyclic) bond motifs is 1. The average molecular weight is 420 g/mol. The van der Waals surface area contributed by atoms with Crippen molar-refractivity contribution in [2.45, 2.75) is 32.2 Å². The Labute approximate surface area is 179 Å². The first kappa shape index (κ1) is 20.8. The second kappa shape index (κ2) is 9.14. The van der Waals surface area contributed by atoms with E-state index in [2.05, 4.69) is 27.1 Å². The van der Waals surface area contributed by atoms with E-state index in [-0.39, 0.29) is 24.1 Å². The molecule has 0 saturated heterocycles. The van der Waals surface area contributed by atoms with E-state index >= 15 is 0 Å². The van der Waals surface area contributed by atoms with E-state index in [0.717, 1.165) is 36.9 Å². The highest BCUT2D eigenvalue weighted by atomic mass is 16.2. The number of aryl methyl sites for hydroxylation is 1. The van der Waals surface area contributed by atoms with Crippen LogP contribution in [0.4, 0.5) is 5.69 Å². The molecular formula is C23H26N5O3+. The smallest absolute Gasteiger partial charge is 0.330 e. The van der Waals surface area contributed by atoms with Crippen LogP contribution in [0.5, 0.6) is 0 Å². The first-order valence-corrected chi connectivity index (χ1v) is 10.5. The number of anilines is 1. The van der Waals surface area contributed by atoms with Crippen LogP contribution in [0.2, 0.25) is 0 Å². The van der Waals surface area contributed by atoms with Gasteiger partial charge in [0.1, 0.15) is 5.69 Å². The van der Waals surface area contributed by atoms with Crippen molar-refractivity contribution in [3.8, 4) is 11.8 Å². The van der Waals surface area contributed by atoms with Crippen LogP contribution in [0, 0.1) is 23.7 Å². The summed E-state index contributed by atoms with van der Waals surface area (Å²) in [5, 5.41) is 10.1. The molecule has 1 saturated carbocycles. The molecule has 3 N–H and O–H groups in total. The minimum Gasteiger partial charge on any atom is -0.436 e. The summed E-state index contributed by atoms with van der Waals surface area (Å²) < 4.78 is 3.33. The Morgan fingerprint density at radius 1 is 1.19 bits per heavy atom. The van der Waals surface area contributed by atoms with Crippen LogP contribution < -0.4 is 11.0 Å². The van der Waals surface area contributed by atoms with Gasteiger partial charge in [0, 0.05) is 37.6 Å². The molecule has 8 nitrogen and oxygen atoms in total. The quantitative estimate of drug-likeness (QED) is 0.512. The lowest BCUT2D eigenvalue weighted by Gasteiger charge is -2.27. The van der Waals surface area contributed by atoms with E-state index in [1.54, 1.807) is 46.8 Å². The van der Waals surface area contributed by atoms with E-state index in [1.165, 1.54) is 0 Å². The molecule has 3 heterocycles. The Hall–Kier alpha value is -3.44. The van der Waals surface area contributed by atoms with Gasteiger partial charge in [0.25, 0.3) is 0 Å². The first-order chi connectivity index (χ1) is 15.1. The van der Waals surface area contributed by atoms with Gasteiger partial charge in [-0.1, -0.05) is 0 Å². The van der Waals surface area contributed by atoms with Gasteiger partial charge in [0.05, 0.1) is 5.52 Å². The summed E-state index contributed by atoms with van der Waals surface area (Å²) in [7, 11) is 1.75. The minimum atomic E-state index is -0.0920. The predicted octanol–water partition coefficient (Wildman–Crippen LogP) is 1.65. The van der Waals surface area contributed by atoms with Crippen LogP contribution in [0.25, 0.3) is 11.2 Å². The number of aromatic nitrogens is 4. The van der Waals surface area contributed by atoms with Crippen molar-refractivity contribution in [3.05, 3.63) is 52.8 Å². The summed E-state index contributed by atoms with van der Waals surface area (Å²) in [6.45, 7) is 0.594. The van der Waals surface area contributed by atoms with Gasteiger partial charge in [-0.2, -0.15) is 0 Å². The molecule has 31 heavy (non-hydrogen) atoms. The third-order valence-corrected chi connectivity index (χ3v) is 5.90. The number of hydrogen-bond acceptors (Lipinski definition) is 4. The van der Waals surface area contributed by atoms with Crippen molar-refractivity contribution >= 4 is 22.8 Å². The molecule has 0 aromatic carbocycles. The summed E-state index contributed by atoms with van der Waals surface area (Å²) in [6.07, 6.45) is 6.69. The SMILES string of the molecule is Cn1c(=O)n(CC2CCC(C(=O)Nc3ccncc3)CC2)c2nc(C#CC[OH2+])ccc21. The minimum absolute atomic E-state index is 0.0132. The molecule has 8 heteroatoms. The number of imidazole rings is 1. The molecule has 0 unspecified atom stereocenters. The fraction of sp³-hybridized carbons (Fsp3) is 0.391. The Morgan fingerprint density at radius 2 is 1.94 bits per heavy atom. The van der Waals surface area contributed by atoms with Crippen LogP contribution in [-0.2, 0) is 18.4 Å². The molecule has 3 aromatic heterocycles. The summed E-state index contributed by atoms with van der Waals surface area (Å²) in [4.78, 5) is 33.9. The van der Waals surface area contributed by atoms with Crippen molar-refractivity contribution in [3.63, 3.8) is 0 Å². The summed E-state index contributed by atoms with van der Waals surface area (Å²) in [5.74, 6) is 5.92. The summed E-state index contributed by atoms with van der Waals surface area (Å²) in [5.41, 5.74) is 2.63. The lowest BCUT2D eigenvalue weighted by molar-refractivity contribution is -0.121. The first-order valence-electron chi connectivity index (χ1n) is 10.5. The summed E-state index contributed by atoms with van der Waals surface area (Å²) in [6, 6.07) is 7.20. The van der Waals surface area contributed by atoms with Gasteiger partial charge in [-0.05, 0) is 67.7 Å². The van der Waals surface area contributed by atoms with E-state index < -0.39 is 0 Å². The number of pyridine rings is 2. The second-order valence-corrected chi connectivity index (χ2v) is 7.91. The van der Waals surface area contributed by atoms with Gasteiger partial charge >= 0.3 is 5.69 Å². The Kier molecular flexibility index (Phi) is 6.14.